The van der Waals surface area contributed by atoms with Crippen LogP contribution < -0.4 is 0 Å². The van der Waals surface area contributed by atoms with Gasteiger partial charge in [-0.3, -0.25) is 0 Å². The van der Waals surface area contributed by atoms with E-state index in [-0.39, 0.29) is 6.42 Å². The van der Waals surface area contributed by atoms with Crippen LogP contribution in [-0.2, 0) is 18.9 Å². The van der Waals surface area contributed by atoms with Crippen LogP contribution in [0, 0.1) is 0 Å². The van der Waals surface area contributed by atoms with Crippen molar-refractivity contribution in [3.05, 3.63) is 0 Å². The van der Waals surface area contributed by atoms with E-state index in [1.165, 1.54) is 32.1 Å². The summed E-state index contributed by atoms with van der Waals surface area (Å²) in [7, 11) is 0. The molecule has 0 aromatic rings. The second-order valence-electron chi connectivity index (χ2n) is 8.73. The van der Waals surface area contributed by atoms with Gasteiger partial charge in [0.2, 0.25) is 0 Å². The van der Waals surface area contributed by atoms with Crippen LogP contribution in [0.15, 0.2) is 0 Å². The van der Waals surface area contributed by atoms with Crippen molar-refractivity contribution in [3.8, 4) is 0 Å². The average molecular weight is 467 g/mol. The van der Waals surface area contributed by atoms with E-state index in [0.29, 0.717) is 6.61 Å². The van der Waals surface area contributed by atoms with E-state index in [0.717, 1.165) is 19.3 Å². The van der Waals surface area contributed by atoms with Gasteiger partial charge in [0.25, 0.3) is 0 Å². The lowest BCUT2D eigenvalue weighted by molar-refractivity contribution is -0.344. The van der Waals surface area contributed by atoms with Crippen LogP contribution in [0.4, 0.5) is 0 Å². The highest BCUT2D eigenvalue weighted by atomic mass is 16.7. The van der Waals surface area contributed by atoms with Crippen molar-refractivity contribution >= 4 is 0 Å². The predicted molar refractivity (Wildman–Crippen MR) is 114 cm³/mol. The molecule has 9 atom stereocenters. The lowest BCUT2D eigenvalue weighted by Gasteiger charge is -2.44. The Morgan fingerprint density at radius 1 is 0.750 bits per heavy atom. The zero-order valence-electron chi connectivity index (χ0n) is 19.0. The van der Waals surface area contributed by atoms with E-state index in [9.17, 15) is 30.6 Å². The molecule has 2 heterocycles. The molecule has 2 aliphatic rings. The molecule has 0 aromatic carbocycles. The highest BCUT2D eigenvalue weighted by Crippen LogP contribution is 2.29. The molecule has 10 nitrogen and oxygen atoms in total. The molecule has 10 heteroatoms. The fourth-order valence-electron chi connectivity index (χ4n) is 4.13. The Bertz CT molecular complexity index is 493. The van der Waals surface area contributed by atoms with E-state index in [1.54, 1.807) is 0 Å². The van der Waals surface area contributed by atoms with Gasteiger partial charge in [-0.1, -0.05) is 51.9 Å². The topological polar surface area (TPSA) is 158 Å². The fourth-order valence-corrected chi connectivity index (χ4v) is 4.13. The zero-order chi connectivity index (χ0) is 23.5. The highest BCUT2D eigenvalue weighted by Gasteiger charge is 2.48. The maximum absolute atomic E-state index is 10.5. The Balaban J connectivity index is 1.75. The Labute approximate surface area is 190 Å². The third kappa shape index (κ3) is 8.12. The quantitative estimate of drug-likeness (QED) is 0.189. The van der Waals surface area contributed by atoms with Gasteiger partial charge in [0.05, 0.1) is 19.3 Å². The Morgan fingerprint density at radius 2 is 1.38 bits per heavy atom. The second-order valence-corrected chi connectivity index (χ2v) is 8.73. The van der Waals surface area contributed by atoms with Gasteiger partial charge >= 0.3 is 0 Å². The van der Waals surface area contributed by atoms with E-state index >= 15 is 0 Å². The fraction of sp³-hybridized carbons (Fsp3) is 1.00. The molecule has 2 rings (SSSR count). The number of hydrogen-bond donors (Lipinski definition) is 6. The monoisotopic (exact) mass is 466 g/mol. The summed E-state index contributed by atoms with van der Waals surface area (Å²) >= 11 is 0. The lowest BCUT2D eigenvalue weighted by atomic mass is 9.98. The molecule has 32 heavy (non-hydrogen) atoms. The first-order valence-electron chi connectivity index (χ1n) is 11.9. The molecule has 6 N–H and O–H groups in total. The van der Waals surface area contributed by atoms with Crippen LogP contribution in [0.5, 0.6) is 0 Å². The number of rotatable bonds is 14. The molecule has 0 aromatic heterocycles. The van der Waals surface area contributed by atoms with Gasteiger partial charge in [-0.2, -0.15) is 0 Å². The summed E-state index contributed by atoms with van der Waals surface area (Å²) in [5.41, 5.74) is 0. The van der Waals surface area contributed by atoms with Gasteiger partial charge in [-0.05, 0) is 6.42 Å². The summed E-state index contributed by atoms with van der Waals surface area (Å²) < 4.78 is 22.4. The van der Waals surface area contributed by atoms with Crippen molar-refractivity contribution in [2.45, 2.75) is 120 Å². The second kappa shape index (κ2) is 14.8. The van der Waals surface area contributed by atoms with Crippen LogP contribution >= 0.6 is 0 Å². The first-order chi connectivity index (χ1) is 15.4. The molecule has 0 aliphatic carbocycles. The predicted octanol–water partition coefficient (Wildman–Crippen LogP) is -0.203. The van der Waals surface area contributed by atoms with Crippen LogP contribution in [-0.4, -0.2) is 106 Å². The smallest absolute Gasteiger partial charge is 0.187 e. The zero-order valence-corrected chi connectivity index (χ0v) is 19.0. The minimum Gasteiger partial charge on any atom is -0.394 e. The van der Waals surface area contributed by atoms with E-state index in [1.807, 2.05) is 0 Å². The van der Waals surface area contributed by atoms with Gasteiger partial charge < -0.3 is 49.6 Å². The average Bonchev–Trinajstić information content (AvgIpc) is 2.79. The standard InChI is InChI=1S/C22H42O10/c1-2-3-4-5-6-7-8-9-10-29-17-11-14(25)21(16(13-24)30-17)32-22-20(28)19(27)18(26)15(12-23)31-22/h14-28H,2-13H2,1H3. The van der Waals surface area contributed by atoms with Crippen LogP contribution in [0.1, 0.15) is 64.7 Å². The first kappa shape index (κ1) is 27.8. The van der Waals surface area contributed by atoms with E-state index in [2.05, 4.69) is 6.92 Å². The van der Waals surface area contributed by atoms with Gasteiger partial charge in [-0.15, -0.1) is 0 Å². The minimum atomic E-state index is -1.60. The maximum atomic E-state index is 10.5. The Kier molecular flexibility index (Phi) is 12.9. The third-order valence-corrected chi connectivity index (χ3v) is 6.13. The number of aliphatic hydroxyl groups excluding tert-OH is 6. The van der Waals surface area contributed by atoms with Crippen molar-refractivity contribution in [2.75, 3.05) is 19.8 Å². The molecule has 0 bridgehead atoms. The molecular formula is C22H42O10. The highest BCUT2D eigenvalue weighted by molar-refractivity contribution is 4.91. The summed E-state index contributed by atoms with van der Waals surface area (Å²) in [4.78, 5) is 0. The maximum Gasteiger partial charge on any atom is 0.187 e. The Hall–Kier alpha value is -0.400. The summed E-state index contributed by atoms with van der Waals surface area (Å²) in [6, 6.07) is 0. The molecule has 2 aliphatic heterocycles. The molecule has 0 spiro atoms. The van der Waals surface area contributed by atoms with Gasteiger partial charge in [0, 0.05) is 13.0 Å². The molecule has 0 amide bonds. The molecule has 0 saturated carbocycles. The summed E-state index contributed by atoms with van der Waals surface area (Å²) in [6.07, 6.45) is -1.48. The molecule has 2 saturated heterocycles. The molecule has 190 valence electrons. The normalized spacial score (nSPS) is 38.2. The summed E-state index contributed by atoms with van der Waals surface area (Å²) in [6.45, 7) is 1.64. The molecular weight excluding hydrogens is 424 g/mol. The summed E-state index contributed by atoms with van der Waals surface area (Å²) in [5.74, 6) is 0. The first-order valence-corrected chi connectivity index (χ1v) is 11.9. The number of hydrogen-bond acceptors (Lipinski definition) is 10. The number of unbranched alkanes of at least 4 members (excludes halogenated alkanes) is 7. The molecule has 2 fully saturated rings. The SMILES string of the molecule is CCCCCCCCCCOC1CC(O)C(OC2OC(CO)C(O)C(O)C2O)C(CO)O1. The van der Waals surface area contributed by atoms with Gasteiger partial charge in [0.1, 0.15) is 36.6 Å². The third-order valence-electron chi connectivity index (χ3n) is 6.13. The lowest BCUT2D eigenvalue weighted by Crippen LogP contribution is -2.62. The Morgan fingerprint density at radius 3 is 2.00 bits per heavy atom. The van der Waals surface area contributed by atoms with E-state index < -0.39 is 68.5 Å². The van der Waals surface area contributed by atoms with Gasteiger partial charge in [-0.25, -0.2) is 0 Å². The van der Waals surface area contributed by atoms with Crippen molar-refractivity contribution in [2.24, 2.45) is 0 Å². The van der Waals surface area contributed by atoms with Gasteiger partial charge in [0.15, 0.2) is 12.6 Å². The van der Waals surface area contributed by atoms with Crippen LogP contribution in [0.2, 0.25) is 0 Å². The molecule has 0 radical (unpaired) electrons. The minimum absolute atomic E-state index is 0.107. The van der Waals surface area contributed by atoms with E-state index in [4.69, 9.17) is 18.9 Å². The number of ether oxygens (including phenoxy) is 4. The number of aliphatic hydroxyl groups is 6. The summed E-state index contributed by atoms with van der Waals surface area (Å²) in [5, 5.41) is 59.5. The molecule has 9 unspecified atom stereocenters. The largest absolute Gasteiger partial charge is 0.394 e. The van der Waals surface area contributed by atoms with Crippen molar-refractivity contribution in [1.82, 2.24) is 0 Å². The van der Waals surface area contributed by atoms with Crippen LogP contribution in [0.3, 0.4) is 0 Å². The van der Waals surface area contributed by atoms with Crippen molar-refractivity contribution in [3.63, 3.8) is 0 Å². The van der Waals surface area contributed by atoms with Crippen LogP contribution in [0.25, 0.3) is 0 Å². The van der Waals surface area contributed by atoms with Crippen molar-refractivity contribution < 1.29 is 49.6 Å². The van der Waals surface area contributed by atoms with Crippen molar-refractivity contribution in [1.29, 1.82) is 0 Å².